The van der Waals surface area contributed by atoms with Crippen molar-refractivity contribution in [2.75, 3.05) is 6.54 Å². The van der Waals surface area contributed by atoms with E-state index in [-0.39, 0.29) is 18.2 Å². The Kier molecular flexibility index (Phi) is 10.1. The standard InChI is InChI=1S/C27H33N5O4/c1-19(26(28)34)7-12-25(33)32-24(27(35)30-14-13-22-16-29-18-31-22)15-20-8-10-23(11-9-20)36-17-21-5-3-2-4-6-21/h2-6,8-11,16,18-19,24H,7,12-15,17H2,1H3,(H2,28,34)(H,29,31)(H,30,35)(H,32,33). The number of aromatic nitrogens is 2. The molecule has 0 bridgehead atoms. The molecule has 0 fully saturated rings. The highest BCUT2D eigenvalue weighted by atomic mass is 16.5. The number of hydrogen-bond donors (Lipinski definition) is 4. The van der Waals surface area contributed by atoms with E-state index in [0.717, 1.165) is 16.8 Å². The number of carbonyl (C=O) groups excluding carboxylic acids is 3. The predicted molar refractivity (Wildman–Crippen MR) is 136 cm³/mol. The third kappa shape index (κ3) is 8.90. The Labute approximate surface area is 210 Å². The zero-order valence-electron chi connectivity index (χ0n) is 20.4. The van der Waals surface area contributed by atoms with Crippen LogP contribution in [0, 0.1) is 5.92 Å². The van der Waals surface area contributed by atoms with E-state index in [4.69, 9.17) is 10.5 Å². The lowest BCUT2D eigenvalue weighted by Gasteiger charge is -2.19. The van der Waals surface area contributed by atoms with Crippen molar-refractivity contribution < 1.29 is 19.1 Å². The zero-order valence-corrected chi connectivity index (χ0v) is 20.4. The fourth-order valence-corrected chi connectivity index (χ4v) is 3.53. The van der Waals surface area contributed by atoms with Crippen molar-refractivity contribution in [3.63, 3.8) is 0 Å². The van der Waals surface area contributed by atoms with Gasteiger partial charge in [-0.25, -0.2) is 4.98 Å². The third-order valence-corrected chi connectivity index (χ3v) is 5.80. The number of amides is 3. The summed E-state index contributed by atoms with van der Waals surface area (Å²) in [6.07, 6.45) is 4.62. The number of H-pyrrole nitrogens is 1. The smallest absolute Gasteiger partial charge is 0.242 e. The maximum atomic E-state index is 12.9. The molecule has 9 heteroatoms. The van der Waals surface area contributed by atoms with Crippen LogP contribution in [0.4, 0.5) is 0 Å². The number of hydrogen-bond acceptors (Lipinski definition) is 5. The number of aromatic amines is 1. The summed E-state index contributed by atoms with van der Waals surface area (Å²) >= 11 is 0. The van der Waals surface area contributed by atoms with Crippen molar-refractivity contribution in [2.45, 2.75) is 45.3 Å². The number of nitrogens with zero attached hydrogens (tertiary/aromatic N) is 1. The molecule has 190 valence electrons. The molecule has 2 unspecified atom stereocenters. The highest BCUT2D eigenvalue weighted by molar-refractivity contribution is 5.88. The first-order chi connectivity index (χ1) is 17.4. The topological polar surface area (TPSA) is 139 Å². The van der Waals surface area contributed by atoms with Crippen molar-refractivity contribution >= 4 is 17.7 Å². The molecule has 9 nitrogen and oxygen atoms in total. The Morgan fingerprint density at radius 1 is 1.06 bits per heavy atom. The zero-order chi connectivity index (χ0) is 25.8. The van der Waals surface area contributed by atoms with Gasteiger partial charge in [-0.1, -0.05) is 49.4 Å². The molecule has 0 spiro atoms. The number of ether oxygens (including phenoxy) is 1. The third-order valence-electron chi connectivity index (χ3n) is 5.80. The van der Waals surface area contributed by atoms with Gasteiger partial charge in [0.15, 0.2) is 0 Å². The van der Waals surface area contributed by atoms with Gasteiger partial charge >= 0.3 is 0 Å². The van der Waals surface area contributed by atoms with Crippen molar-refractivity contribution in [1.29, 1.82) is 0 Å². The molecule has 5 N–H and O–H groups in total. The first-order valence-electron chi connectivity index (χ1n) is 12.0. The lowest BCUT2D eigenvalue weighted by Crippen LogP contribution is -2.48. The number of nitrogens with one attached hydrogen (secondary N) is 3. The average molecular weight is 492 g/mol. The Morgan fingerprint density at radius 2 is 1.81 bits per heavy atom. The van der Waals surface area contributed by atoms with Gasteiger partial charge < -0.3 is 26.1 Å². The van der Waals surface area contributed by atoms with Crippen molar-refractivity contribution in [3.05, 3.63) is 83.9 Å². The molecule has 0 aliphatic carbocycles. The highest BCUT2D eigenvalue weighted by Crippen LogP contribution is 2.16. The van der Waals surface area contributed by atoms with Crippen LogP contribution in [-0.2, 0) is 33.8 Å². The summed E-state index contributed by atoms with van der Waals surface area (Å²) in [5.41, 5.74) is 8.14. The summed E-state index contributed by atoms with van der Waals surface area (Å²) < 4.78 is 5.83. The van der Waals surface area contributed by atoms with Gasteiger partial charge in [0.1, 0.15) is 18.4 Å². The molecule has 1 heterocycles. The minimum Gasteiger partial charge on any atom is -0.489 e. The molecule has 3 aromatic rings. The normalized spacial score (nSPS) is 12.4. The second-order valence-electron chi connectivity index (χ2n) is 8.70. The van der Waals surface area contributed by atoms with E-state index in [9.17, 15) is 14.4 Å². The average Bonchev–Trinajstić information content (AvgIpc) is 3.40. The van der Waals surface area contributed by atoms with E-state index in [1.165, 1.54) is 0 Å². The SMILES string of the molecule is CC(CCC(=O)NC(Cc1ccc(OCc2ccccc2)cc1)C(=O)NCCc1cnc[nH]1)C(N)=O. The molecule has 2 atom stereocenters. The van der Waals surface area contributed by atoms with E-state index in [1.807, 2.05) is 54.6 Å². The van der Waals surface area contributed by atoms with Crippen LogP contribution in [0.3, 0.4) is 0 Å². The van der Waals surface area contributed by atoms with Gasteiger partial charge in [-0.05, 0) is 29.7 Å². The molecule has 0 saturated heterocycles. The second-order valence-corrected chi connectivity index (χ2v) is 8.70. The lowest BCUT2D eigenvalue weighted by atomic mass is 10.0. The summed E-state index contributed by atoms with van der Waals surface area (Å²) in [6, 6.07) is 16.6. The van der Waals surface area contributed by atoms with Crippen molar-refractivity contribution in [1.82, 2.24) is 20.6 Å². The largest absolute Gasteiger partial charge is 0.489 e. The molecule has 0 aliphatic heterocycles. The van der Waals surface area contributed by atoms with Crippen LogP contribution in [0.5, 0.6) is 5.75 Å². The maximum Gasteiger partial charge on any atom is 0.242 e. The van der Waals surface area contributed by atoms with Gasteiger partial charge in [0.2, 0.25) is 17.7 Å². The molecule has 3 amide bonds. The minimum absolute atomic E-state index is 0.105. The molecule has 0 saturated carbocycles. The van der Waals surface area contributed by atoms with Gasteiger partial charge in [0.05, 0.1) is 6.33 Å². The van der Waals surface area contributed by atoms with E-state index < -0.39 is 17.9 Å². The first-order valence-corrected chi connectivity index (χ1v) is 12.0. The number of benzene rings is 2. The fourth-order valence-electron chi connectivity index (χ4n) is 3.53. The summed E-state index contributed by atoms with van der Waals surface area (Å²) in [6.45, 7) is 2.54. The molecular weight excluding hydrogens is 458 g/mol. The van der Waals surface area contributed by atoms with Gasteiger partial charge in [0.25, 0.3) is 0 Å². The van der Waals surface area contributed by atoms with Crippen LogP contribution >= 0.6 is 0 Å². The monoisotopic (exact) mass is 491 g/mol. The van der Waals surface area contributed by atoms with Crippen molar-refractivity contribution in [2.24, 2.45) is 11.7 Å². The molecular formula is C27H33N5O4. The highest BCUT2D eigenvalue weighted by Gasteiger charge is 2.22. The lowest BCUT2D eigenvalue weighted by molar-refractivity contribution is -0.129. The van der Waals surface area contributed by atoms with E-state index in [1.54, 1.807) is 19.4 Å². The Morgan fingerprint density at radius 3 is 2.47 bits per heavy atom. The Balaban J connectivity index is 1.58. The van der Waals surface area contributed by atoms with E-state index in [0.29, 0.717) is 38.2 Å². The van der Waals surface area contributed by atoms with E-state index in [2.05, 4.69) is 20.6 Å². The molecule has 3 rings (SSSR count). The number of nitrogens with two attached hydrogens (primary N) is 1. The van der Waals surface area contributed by atoms with Gasteiger partial charge in [-0.3, -0.25) is 14.4 Å². The first kappa shape index (κ1) is 26.5. The van der Waals surface area contributed by atoms with Crippen LogP contribution in [0.1, 0.15) is 36.6 Å². The number of primary amides is 1. The van der Waals surface area contributed by atoms with Crippen LogP contribution in [0.25, 0.3) is 0 Å². The molecule has 1 aromatic heterocycles. The van der Waals surface area contributed by atoms with Crippen LogP contribution in [0.2, 0.25) is 0 Å². The summed E-state index contributed by atoms with van der Waals surface area (Å²) in [5, 5.41) is 5.69. The Hall–Kier alpha value is -4.14. The molecule has 36 heavy (non-hydrogen) atoms. The van der Waals surface area contributed by atoms with Crippen LogP contribution in [0.15, 0.2) is 67.1 Å². The summed E-state index contributed by atoms with van der Waals surface area (Å²) in [5.74, 6) is -0.742. The van der Waals surface area contributed by atoms with Gasteiger partial charge in [-0.15, -0.1) is 0 Å². The number of rotatable bonds is 14. The summed E-state index contributed by atoms with van der Waals surface area (Å²) in [7, 11) is 0. The van der Waals surface area contributed by atoms with Crippen LogP contribution in [-0.4, -0.2) is 40.3 Å². The van der Waals surface area contributed by atoms with Crippen LogP contribution < -0.4 is 21.1 Å². The Bertz CT molecular complexity index is 1100. The fraction of sp³-hybridized carbons (Fsp3) is 0.333. The van der Waals surface area contributed by atoms with Crippen molar-refractivity contribution in [3.8, 4) is 5.75 Å². The second kappa shape index (κ2) is 13.7. The molecule has 0 aliphatic rings. The van der Waals surface area contributed by atoms with Gasteiger partial charge in [0, 0.05) is 43.6 Å². The van der Waals surface area contributed by atoms with E-state index >= 15 is 0 Å². The minimum atomic E-state index is -0.765. The maximum absolute atomic E-state index is 12.9. The quantitative estimate of drug-likeness (QED) is 0.274. The predicted octanol–water partition coefficient (Wildman–Crippen LogP) is 2.28. The summed E-state index contributed by atoms with van der Waals surface area (Å²) in [4.78, 5) is 43.7. The molecule has 2 aromatic carbocycles. The number of carbonyl (C=O) groups is 3. The van der Waals surface area contributed by atoms with Gasteiger partial charge in [-0.2, -0.15) is 0 Å². The molecule has 0 radical (unpaired) electrons. The number of imidazole rings is 1.